The van der Waals surface area contributed by atoms with Crippen molar-refractivity contribution in [2.24, 2.45) is 23.7 Å². The number of nitrogens with zero attached hydrogens (tertiary/aromatic N) is 3. The van der Waals surface area contributed by atoms with Crippen LogP contribution in [0.2, 0.25) is 0 Å². The van der Waals surface area contributed by atoms with E-state index in [0.29, 0.717) is 23.7 Å². The fourth-order valence-corrected chi connectivity index (χ4v) is 5.08. The lowest BCUT2D eigenvalue weighted by Crippen LogP contribution is -2.41. The average molecular weight is 319 g/mol. The van der Waals surface area contributed by atoms with E-state index in [1.807, 2.05) is 0 Å². The Bertz CT molecular complexity index is 552. The van der Waals surface area contributed by atoms with Crippen molar-refractivity contribution in [3.63, 3.8) is 0 Å². The van der Waals surface area contributed by atoms with Crippen LogP contribution >= 0.6 is 11.3 Å². The molecule has 0 aromatic carbocycles. The van der Waals surface area contributed by atoms with Gasteiger partial charge in [-0.2, -0.15) is 0 Å². The summed E-state index contributed by atoms with van der Waals surface area (Å²) in [5.74, 6) is 2.90. The van der Waals surface area contributed by atoms with Crippen molar-refractivity contribution in [2.45, 2.75) is 33.2 Å². The van der Waals surface area contributed by atoms with Crippen LogP contribution in [0.3, 0.4) is 0 Å². The molecule has 120 valence electrons. The number of aromatic nitrogens is 1. The topological polar surface area (TPSA) is 36.4 Å². The van der Waals surface area contributed by atoms with Crippen molar-refractivity contribution in [1.82, 2.24) is 14.8 Å². The molecule has 5 heteroatoms. The third-order valence-corrected chi connectivity index (χ3v) is 6.47. The molecule has 22 heavy (non-hydrogen) atoms. The first-order valence-corrected chi connectivity index (χ1v) is 9.38. The highest BCUT2D eigenvalue weighted by Crippen LogP contribution is 2.38. The van der Waals surface area contributed by atoms with Crippen molar-refractivity contribution in [1.29, 1.82) is 0 Å². The smallest absolute Gasteiger partial charge is 0.225 e. The maximum absolute atomic E-state index is 12.5. The van der Waals surface area contributed by atoms with Gasteiger partial charge in [0, 0.05) is 44.0 Å². The number of hydrogen-bond acceptors (Lipinski definition) is 4. The molecule has 1 amide bonds. The molecule has 3 heterocycles. The van der Waals surface area contributed by atoms with Crippen molar-refractivity contribution < 1.29 is 4.79 Å². The molecule has 0 unspecified atom stereocenters. The fraction of sp³-hybridized carbons (Fsp3) is 0.765. The molecular formula is C17H25N3OS. The van der Waals surface area contributed by atoms with Crippen LogP contribution in [-0.2, 0) is 11.3 Å². The third kappa shape index (κ3) is 2.69. The third-order valence-electron chi connectivity index (χ3n) is 5.65. The van der Waals surface area contributed by atoms with Gasteiger partial charge in [-0.1, -0.05) is 6.92 Å². The highest BCUT2D eigenvalue weighted by atomic mass is 32.1. The highest BCUT2D eigenvalue weighted by molar-refractivity contribution is 7.09. The van der Waals surface area contributed by atoms with Crippen LogP contribution in [0.1, 0.15) is 30.5 Å². The van der Waals surface area contributed by atoms with Gasteiger partial charge in [-0.3, -0.25) is 9.69 Å². The van der Waals surface area contributed by atoms with Crippen LogP contribution in [0.25, 0.3) is 0 Å². The normalized spacial score (nSPS) is 34.7. The van der Waals surface area contributed by atoms with E-state index in [-0.39, 0.29) is 0 Å². The molecule has 3 fully saturated rings. The largest absolute Gasteiger partial charge is 0.342 e. The Hall–Kier alpha value is -0.940. The zero-order chi connectivity index (χ0) is 15.3. The summed E-state index contributed by atoms with van der Waals surface area (Å²) in [4.78, 5) is 21.7. The van der Waals surface area contributed by atoms with E-state index in [4.69, 9.17) is 0 Å². The van der Waals surface area contributed by atoms with Gasteiger partial charge in [0.1, 0.15) is 0 Å². The van der Waals surface area contributed by atoms with Crippen molar-refractivity contribution in [3.05, 3.63) is 16.1 Å². The van der Waals surface area contributed by atoms with Crippen molar-refractivity contribution in [3.8, 4) is 0 Å². The Morgan fingerprint density at radius 3 is 2.50 bits per heavy atom. The summed E-state index contributed by atoms with van der Waals surface area (Å²) in [6, 6.07) is 0. The first kappa shape index (κ1) is 14.6. The first-order chi connectivity index (χ1) is 10.6. The monoisotopic (exact) mass is 319 g/mol. The molecule has 1 aromatic rings. The van der Waals surface area contributed by atoms with E-state index >= 15 is 0 Å². The highest BCUT2D eigenvalue weighted by Gasteiger charge is 2.44. The molecule has 0 N–H and O–H groups in total. The number of thiazole rings is 1. The molecule has 2 saturated heterocycles. The molecular weight excluding hydrogens is 294 g/mol. The van der Waals surface area contributed by atoms with Gasteiger partial charge in [-0.05, 0) is 37.5 Å². The van der Waals surface area contributed by atoms with Crippen molar-refractivity contribution >= 4 is 17.2 Å². The standard InChI is InChI=1S/C17H25N3OS/c1-11-3-13(4-11)17(21)20-7-14-5-19(6-15(14)8-20)9-16-10-22-12(2)18-16/h10-11,13-15H,3-9H2,1-2H3/t11?,13?,14-,15-/m1/s1. The van der Waals surface area contributed by atoms with E-state index in [0.717, 1.165) is 56.5 Å². The second kappa shape index (κ2) is 5.60. The fourth-order valence-electron chi connectivity index (χ4n) is 4.47. The number of likely N-dealkylation sites (tertiary alicyclic amines) is 2. The molecule has 1 aromatic heterocycles. The molecule has 2 atom stereocenters. The summed E-state index contributed by atoms with van der Waals surface area (Å²) >= 11 is 1.73. The summed E-state index contributed by atoms with van der Waals surface area (Å²) in [6.45, 7) is 9.53. The number of carbonyl (C=O) groups excluding carboxylic acids is 1. The van der Waals surface area contributed by atoms with Gasteiger partial charge in [0.2, 0.25) is 5.91 Å². The Kier molecular flexibility index (Phi) is 3.73. The minimum absolute atomic E-state index is 0.336. The molecule has 0 spiro atoms. The van der Waals surface area contributed by atoms with Gasteiger partial charge in [0.25, 0.3) is 0 Å². The quantitative estimate of drug-likeness (QED) is 0.858. The second-order valence-corrected chi connectivity index (χ2v) is 8.65. The zero-order valence-corrected chi connectivity index (χ0v) is 14.3. The predicted octanol–water partition coefficient (Wildman–Crippen LogP) is 2.39. The van der Waals surface area contributed by atoms with Gasteiger partial charge in [0.05, 0.1) is 10.7 Å². The minimum Gasteiger partial charge on any atom is -0.342 e. The zero-order valence-electron chi connectivity index (χ0n) is 13.5. The maximum Gasteiger partial charge on any atom is 0.225 e. The van der Waals surface area contributed by atoms with Gasteiger partial charge in [-0.25, -0.2) is 4.98 Å². The maximum atomic E-state index is 12.5. The summed E-state index contributed by atoms with van der Waals surface area (Å²) in [5, 5.41) is 3.33. The molecule has 0 radical (unpaired) electrons. The molecule has 2 aliphatic heterocycles. The summed E-state index contributed by atoms with van der Waals surface area (Å²) in [7, 11) is 0. The lowest BCUT2D eigenvalue weighted by atomic mass is 9.75. The summed E-state index contributed by atoms with van der Waals surface area (Å²) < 4.78 is 0. The Morgan fingerprint density at radius 1 is 1.27 bits per heavy atom. The van der Waals surface area contributed by atoms with Gasteiger partial charge in [0.15, 0.2) is 0 Å². The van der Waals surface area contributed by atoms with E-state index in [1.54, 1.807) is 11.3 Å². The average Bonchev–Trinajstić information content (AvgIpc) is 3.09. The summed E-state index contributed by atoms with van der Waals surface area (Å²) in [5.41, 5.74) is 1.21. The molecule has 4 rings (SSSR count). The minimum atomic E-state index is 0.336. The number of rotatable bonds is 3. The number of amides is 1. The molecule has 4 nitrogen and oxygen atoms in total. The van der Waals surface area contributed by atoms with Crippen molar-refractivity contribution in [2.75, 3.05) is 26.2 Å². The number of aryl methyl sites for hydroxylation is 1. The van der Waals surface area contributed by atoms with Gasteiger partial charge in [-0.15, -0.1) is 11.3 Å². The molecule has 1 saturated carbocycles. The Balaban J connectivity index is 1.30. The van der Waals surface area contributed by atoms with Crippen LogP contribution in [0, 0.1) is 30.6 Å². The van der Waals surface area contributed by atoms with Gasteiger partial charge < -0.3 is 4.90 Å². The molecule has 1 aliphatic carbocycles. The van der Waals surface area contributed by atoms with E-state index in [9.17, 15) is 4.79 Å². The van der Waals surface area contributed by atoms with E-state index in [2.05, 4.69) is 34.0 Å². The predicted molar refractivity (Wildman–Crippen MR) is 87.6 cm³/mol. The van der Waals surface area contributed by atoms with Crippen LogP contribution in [0.5, 0.6) is 0 Å². The molecule has 3 aliphatic rings. The number of fused-ring (bicyclic) bond motifs is 1. The van der Waals surface area contributed by atoms with Crippen LogP contribution in [0.4, 0.5) is 0 Å². The van der Waals surface area contributed by atoms with Gasteiger partial charge >= 0.3 is 0 Å². The Morgan fingerprint density at radius 2 is 1.95 bits per heavy atom. The summed E-state index contributed by atoms with van der Waals surface area (Å²) in [6.07, 6.45) is 2.22. The lowest BCUT2D eigenvalue weighted by Gasteiger charge is -2.34. The van der Waals surface area contributed by atoms with Crippen LogP contribution in [-0.4, -0.2) is 46.9 Å². The van der Waals surface area contributed by atoms with Crippen LogP contribution < -0.4 is 0 Å². The number of hydrogen-bond donors (Lipinski definition) is 0. The first-order valence-electron chi connectivity index (χ1n) is 8.50. The second-order valence-electron chi connectivity index (χ2n) is 7.59. The lowest BCUT2D eigenvalue weighted by molar-refractivity contribution is -0.139. The van der Waals surface area contributed by atoms with Crippen LogP contribution in [0.15, 0.2) is 5.38 Å². The van der Waals surface area contributed by atoms with E-state index < -0.39 is 0 Å². The molecule has 0 bridgehead atoms. The Labute approximate surface area is 136 Å². The SMILES string of the molecule is Cc1nc(CN2C[C@@H]3CN(C(=O)C4CC(C)C4)C[C@H]3C2)cs1. The number of carbonyl (C=O) groups is 1. The van der Waals surface area contributed by atoms with E-state index in [1.165, 1.54) is 5.69 Å².